The standard InChI is InChI=1S/C25H25NO4S/c1-31(29)23-14-12-22(13-15-23)25(28)30-19-24(27)26(18-21-10-6-3-7-11-21)17-16-20-8-4-2-5-9-20/h2-15H,16-19H2,1H3. The molecule has 3 aromatic carbocycles. The van der Waals surface area contributed by atoms with Gasteiger partial charge in [-0.25, -0.2) is 4.79 Å². The maximum absolute atomic E-state index is 12.9. The highest BCUT2D eigenvalue weighted by molar-refractivity contribution is 7.84. The zero-order valence-electron chi connectivity index (χ0n) is 17.4. The maximum Gasteiger partial charge on any atom is 0.338 e. The minimum absolute atomic E-state index is 0.251. The molecule has 0 saturated carbocycles. The number of rotatable bonds is 9. The van der Waals surface area contributed by atoms with Gasteiger partial charge in [-0.3, -0.25) is 9.00 Å². The van der Waals surface area contributed by atoms with E-state index in [9.17, 15) is 13.8 Å². The molecule has 0 fully saturated rings. The number of carbonyl (C=O) groups excluding carboxylic acids is 2. The molecule has 0 aliphatic carbocycles. The van der Waals surface area contributed by atoms with Gasteiger partial charge in [-0.1, -0.05) is 60.7 Å². The van der Waals surface area contributed by atoms with E-state index in [0.29, 0.717) is 30.0 Å². The van der Waals surface area contributed by atoms with Crippen molar-refractivity contribution >= 4 is 22.7 Å². The summed E-state index contributed by atoms with van der Waals surface area (Å²) in [6, 6.07) is 26.0. The highest BCUT2D eigenvalue weighted by Crippen LogP contribution is 2.11. The van der Waals surface area contributed by atoms with Gasteiger partial charge in [0.15, 0.2) is 6.61 Å². The first-order valence-electron chi connectivity index (χ1n) is 9.99. The summed E-state index contributed by atoms with van der Waals surface area (Å²) in [5, 5.41) is 0. The maximum atomic E-state index is 12.9. The predicted molar refractivity (Wildman–Crippen MR) is 121 cm³/mol. The van der Waals surface area contributed by atoms with Gasteiger partial charge in [0.2, 0.25) is 0 Å². The zero-order chi connectivity index (χ0) is 22.1. The second-order valence-electron chi connectivity index (χ2n) is 7.09. The molecule has 0 N–H and O–H groups in total. The zero-order valence-corrected chi connectivity index (χ0v) is 18.2. The number of nitrogens with zero attached hydrogens (tertiary/aromatic N) is 1. The largest absolute Gasteiger partial charge is 0.452 e. The molecule has 1 atom stereocenters. The van der Waals surface area contributed by atoms with E-state index in [1.807, 2.05) is 60.7 Å². The van der Waals surface area contributed by atoms with Crippen LogP contribution in [0.15, 0.2) is 89.8 Å². The van der Waals surface area contributed by atoms with Gasteiger partial charge in [0.05, 0.1) is 5.56 Å². The third kappa shape index (κ3) is 6.89. The van der Waals surface area contributed by atoms with Crippen molar-refractivity contribution in [3.05, 3.63) is 102 Å². The van der Waals surface area contributed by atoms with Crippen molar-refractivity contribution in [2.75, 3.05) is 19.4 Å². The Balaban J connectivity index is 1.62. The lowest BCUT2D eigenvalue weighted by Gasteiger charge is -2.23. The van der Waals surface area contributed by atoms with Crippen LogP contribution < -0.4 is 0 Å². The number of benzene rings is 3. The molecule has 0 saturated heterocycles. The summed E-state index contributed by atoms with van der Waals surface area (Å²) in [5.41, 5.74) is 2.47. The lowest BCUT2D eigenvalue weighted by atomic mass is 10.1. The number of amides is 1. The normalized spacial score (nSPS) is 11.5. The lowest BCUT2D eigenvalue weighted by molar-refractivity contribution is -0.135. The topological polar surface area (TPSA) is 63.7 Å². The van der Waals surface area contributed by atoms with E-state index in [1.54, 1.807) is 35.4 Å². The van der Waals surface area contributed by atoms with Crippen LogP contribution in [0.5, 0.6) is 0 Å². The molecule has 0 aliphatic rings. The van der Waals surface area contributed by atoms with E-state index in [2.05, 4.69) is 0 Å². The molecule has 3 rings (SSSR count). The lowest BCUT2D eigenvalue weighted by Crippen LogP contribution is -2.35. The van der Waals surface area contributed by atoms with Gasteiger partial charge in [0, 0.05) is 35.0 Å². The van der Waals surface area contributed by atoms with Crippen LogP contribution in [0.2, 0.25) is 0 Å². The Kier molecular flexibility index (Phi) is 8.12. The minimum atomic E-state index is -1.12. The van der Waals surface area contributed by atoms with Crippen LogP contribution in [0.4, 0.5) is 0 Å². The Morgan fingerprint density at radius 2 is 1.42 bits per heavy atom. The fraction of sp³-hybridized carbons (Fsp3) is 0.200. The van der Waals surface area contributed by atoms with Gasteiger partial charge in [-0.05, 0) is 41.8 Å². The van der Waals surface area contributed by atoms with E-state index in [0.717, 1.165) is 11.1 Å². The van der Waals surface area contributed by atoms with Crippen LogP contribution in [-0.2, 0) is 33.3 Å². The van der Waals surface area contributed by atoms with Crippen molar-refractivity contribution in [1.29, 1.82) is 0 Å². The Morgan fingerprint density at radius 1 is 0.839 bits per heavy atom. The molecule has 0 spiro atoms. The average molecular weight is 436 g/mol. The number of carbonyl (C=O) groups is 2. The number of hydrogen-bond acceptors (Lipinski definition) is 4. The molecule has 31 heavy (non-hydrogen) atoms. The predicted octanol–water partition coefficient (Wildman–Crippen LogP) is 3.85. The summed E-state index contributed by atoms with van der Waals surface area (Å²) in [7, 11) is -1.12. The summed E-state index contributed by atoms with van der Waals surface area (Å²) in [6.07, 6.45) is 2.28. The summed E-state index contributed by atoms with van der Waals surface area (Å²) in [4.78, 5) is 27.5. The van der Waals surface area contributed by atoms with Gasteiger partial charge in [-0.2, -0.15) is 0 Å². The second-order valence-corrected chi connectivity index (χ2v) is 8.47. The Labute approximate surface area is 185 Å². The fourth-order valence-electron chi connectivity index (χ4n) is 3.09. The van der Waals surface area contributed by atoms with Crippen molar-refractivity contribution in [2.45, 2.75) is 17.9 Å². The average Bonchev–Trinajstić information content (AvgIpc) is 2.81. The second kappa shape index (κ2) is 11.2. The summed E-state index contributed by atoms with van der Waals surface area (Å²) < 4.78 is 16.7. The molecule has 3 aromatic rings. The highest BCUT2D eigenvalue weighted by atomic mass is 32.2. The van der Waals surface area contributed by atoms with E-state index >= 15 is 0 Å². The third-order valence-electron chi connectivity index (χ3n) is 4.83. The van der Waals surface area contributed by atoms with Gasteiger partial charge < -0.3 is 9.64 Å². The van der Waals surface area contributed by atoms with E-state index in [-0.39, 0.29) is 12.5 Å². The first-order valence-corrected chi connectivity index (χ1v) is 11.5. The third-order valence-corrected chi connectivity index (χ3v) is 5.77. The summed E-state index contributed by atoms with van der Waals surface area (Å²) in [5.74, 6) is -0.830. The monoisotopic (exact) mass is 435 g/mol. The summed E-state index contributed by atoms with van der Waals surface area (Å²) in [6.45, 7) is 0.634. The quantitative estimate of drug-likeness (QED) is 0.479. The van der Waals surface area contributed by atoms with Gasteiger partial charge in [-0.15, -0.1) is 0 Å². The minimum Gasteiger partial charge on any atom is -0.452 e. The van der Waals surface area contributed by atoms with Crippen LogP contribution in [0.3, 0.4) is 0 Å². The highest BCUT2D eigenvalue weighted by Gasteiger charge is 2.17. The molecule has 0 heterocycles. The number of ether oxygens (including phenoxy) is 1. The van der Waals surface area contributed by atoms with Crippen LogP contribution in [0, 0.1) is 0 Å². The molecule has 6 heteroatoms. The van der Waals surface area contributed by atoms with Crippen molar-refractivity contribution < 1.29 is 18.5 Å². The Morgan fingerprint density at radius 3 is 2.00 bits per heavy atom. The Bertz CT molecular complexity index is 1020. The molecular formula is C25H25NO4S. The molecule has 160 valence electrons. The molecule has 5 nitrogen and oxygen atoms in total. The van der Waals surface area contributed by atoms with Crippen LogP contribution in [0.1, 0.15) is 21.5 Å². The van der Waals surface area contributed by atoms with Crippen molar-refractivity contribution in [2.24, 2.45) is 0 Å². The smallest absolute Gasteiger partial charge is 0.338 e. The first-order chi connectivity index (χ1) is 15.0. The van der Waals surface area contributed by atoms with Crippen LogP contribution in [-0.4, -0.2) is 40.4 Å². The number of hydrogen-bond donors (Lipinski definition) is 0. The van der Waals surface area contributed by atoms with Crippen molar-refractivity contribution in [3.8, 4) is 0 Å². The molecule has 1 amide bonds. The molecule has 0 aromatic heterocycles. The molecule has 0 bridgehead atoms. The summed E-state index contributed by atoms with van der Waals surface area (Å²) >= 11 is 0. The fourth-order valence-corrected chi connectivity index (χ4v) is 3.61. The first kappa shape index (κ1) is 22.4. The van der Waals surface area contributed by atoms with Gasteiger partial charge >= 0.3 is 5.97 Å². The molecule has 0 radical (unpaired) electrons. The van der Waals surface area contributed by atoms with E-state index in [4.69, 9.17) is 4.74 Å². The molecule has 0 aliphatic heterocycles. The molecular weight excluding hydrogens is 410 g/mol. The van der Waals surface area contributed by atoms with Crippen LogP contribution >= 0.6 is 0 Å². The van der Waals surface area contributed by atoms with Gasteiger partial charge in [0.1, 0.15) is 0 Å². The number of esters is 1. The van der Waals surface area contributed by atoms with Gasteiger partial charge in [0.25, 0.3) is 5.91 Å². The van der Waals surface area contributed by atoms with E-state index in [1.165, 1.54) is 0 Å². The van der Waals surface area contributed by atoms with Crippen LogP contribution in [0.25, 0.3) is 0 Å². The molecule has 1 unspecified atom stereocenters. The van der Waals surface area contributed by atoms with Crippen molar-refractivity contribution in [3.63, 3.8) is 0 Å². The van der Waals surface area contributed by atoms with E-state index < -0.39 is 16.8 Å². The Hall–Kier alpha value is -3.25. The SMILES string of the molecule is CS(=O)c1ccc(C(=O)OCC(=O)N(CCc2ccccc2)Cc2ccccc2)cc1. The van der Waals surface area contributed by atoms with Crippen molar-refractivity contribution in [1.82, 2.24) is 4.90 Å².